The number of nitrogens with one attached hydrogen (secondary N) is 1. The number of nitrogens with zero attached hydrogens (tertiary/aromatic N) is 3. The Morgan fingerprint density at radius 1 is 1.42 bits per heavy atom. The van der Waals surface area contributed by atoms with Crippen molar-refractivity contribution in [1.29, 1.82) is 0 Å². The minimum absolute atomic E-state index is 0.0859. The molecule has 2 aromatic rings. The van der Waals surface area contributed by atoms with Crippen LogP contribution in [0.2, 0.25) is 0 Å². The molecule has 0 atom stereocenters. The minimum Gasteiger partial charge on any atom is -0.348 e. The number of rotatable bonds is 3. The van der Waals surface area contributed by atoms with Crippen LogP contribution in [0.5, 0.6) is 0 Å². The molecule has 3 rings (SSSR count). The van der Waals surface area contributed by atoms with Crippen molar-refractivity contribution in [1.82, 2.24) is 14.9 Å². The lowest BCUT2D eigenvalue weighted by Crippen LogP contribution is -2.57. The fourth-order valence-corrected chi connectivity index (χ4v) is 3.27. The van der Waals surface area contributed by atoms with Crippen molar-refractivity contribution in [3.05, 3.63) is 39.3 Å². The second kappa shape index (κ2) is 5.26. The third kappa shape index (κ3) is 2.76. The fourth-order valence-electron chi connectivity index (χ4n) is 1.87. The SMILES string of the molecule is O=C(c1cc(Br)cs1)N1CC(Nc2ncccn2)C1. The van der Waals surface area contributed by atoms with E-state index in [9.17, 15) is 4.79 Å². The molecule has 1 saturated heterocycles. The molecule has 98 valence electrons. The highest BCUT2D eigenvalue weighted by Crippen LogP contribution is 2.23. The van der Waals surface area contributed by atoms with Crippen LogP contribution >= 0.6 is 27.3 Å². The van der Waals surface area contributed by atoms with Gasteiger partial charge in [0, 0.05) is 35.3 Å². The molecule has 0 bridgehead atoms. The number of carbonyl (C=O) groups is 1. The van der Waals surface area contributed by atoms with Crippen LogP contribution in [0.15, 0.2) is 34.4 Å². The van der Waals surface area contributed by atoms with E-state index < -0.39 is 0 Å². The van der Waals surface area contributed by atoms with E-state index in [0.29, 0.717) is 19.0 Å². The Morgan fingerprint density at radius 2 is 2.16 bits per heavy atom. The third-order valence-electron chi connectivity index (χ3n) is 2.85. The molecule has 1 aliphatic heterocycles. The first-order chi connectivity index (χ1) is 9.22. The zero-order valence-corrected chi connectivity index (χ0v) is 12.3. The zero-order valence-electron chi connectivity index (χ0n) is 9.91. The molecule has 0 radical (unpaired) electrons. The largest absolute Gasteiger partial charge is 0.348 e. The smallest absolute Gasteiger partial charge is 0.264 e. The van der Waals surface area contributed by atoms with Gasteiger partial charge in [0.15, 0.2) is 0 Å². The van der Waals surface area contributed by atoms with Crippen LogP contribution in [-0.2, 0) is 0 Å². The summed E-state index contributed by atoms with van der Waals surface area (Å²) < 4.78 is 0.953. The van der Waals surface area contributed by atoms with Crippen molar-refractivity contribution in [3.63, 3.8) is 0 Å². The Balaban J connectivity index is 1.54. The van der Waals surface area contributed by atoms with Gasteiger partial charge in [-0.15, -0.1) is 11.3 Å². The monoisotopic (exact) mass is 338 g/mol. The van der Waals surface area contributed by atoms with Crippen LogP contribution in [0.3, 0.4) is 0 Å². The summed E-state index contributed by atoms with van der Waals surface area (Å²) in [5, 5.41) is 5.12. The van der Waals surface area contributed by atoms with Gasteiger partial charge in [0.25, 0.3) is 5.91 Å². The van der Waals surface area contributed by atoms with Crippen molar-refractivity contribution in [3.8, 4) is 0 Å². The summed E-state index contributed by atoms with van der Waals surface area (Å²) in [6.07, 6.45) is 3.39. The van der Waals surface area contributed by atoms with Crippen molar-refractivity contribution in [2.75, 3.05) is 18.4 Å². The van der Waals surface area contributed by atoms with Gasteiger partial charge >= 0.3 is 0 Å². The normalized spacial score (nSPS) is 15.1. The number of anilines is 1. The van der Waals surface area contributed by atoms with Crippen LogP contribution in [0.1, 0.15) is 9.67 Å². The molecule has 7 heteroatoms. The average molecular weight is 339 g/mol. The summed E-state index contributed by atoms with van der Waals surface area (Å²) in [7, 11) is 0. The predicted molar refractivity (Wildman–Crippen MR) is 77.4 cm³/mol. The Hall–Kier alpha value is -1.47. The quantitative estimate of drug-likeness (QED) is 0.932. The van der Waals surface area contributed by atoms with Gasteiger partial charge in [-0.3, -0.25) is 4.79 Å². The van der Waals surface area contributed by atoms with E-state index in [1.165, 1.54) is 11.3 Å². The summed E-state index contributed by atoms with van der Waals surface area (Å²) in [6, 6.07) is 3.86. The van der Waals surface area contributed by atoms with Gasteiger partial charge in [0.1, 0.15) is 0 Å². The van der Waals surface area contributed by atoms with Crippen LogP contribution in [0, 0.1) is 0 Å². The highest BCUT2D eigenvalue weighted by atomic mass is 79.9. The molecular weight excluding hydrogens is 328 g/mol. The van der Waals surface area contributed by atoms with E-state index >= 15 is 0 Å². The number of hydrogen-bond donors (Lipinski definition) is 1. The molecule has 2 aromatic heterocycles. The highest BCUT2D eigenvalue weighted by molar-refractivity contribution is 9.10. The van der Waals surface area contributed by atoms with Crippen LogP contribution in [-0.4, -0.2) is 39.9 Å². The molecule has 0 aliphatic carbocycles. The molecule has 0 aromatic carbocycles. The van der Waals surface area contributed by atoms with Crippen molar-refractivity contribution in [2.24, 2.45) is 0 Å². The van der Waals surface area contributed by atoms with Gasteiger partial charge in [-0.2, -0.15) is 0 Å². The van der Waals surface area contributed by atoms with Crippen molar-refractivity contribution >= 4 is 39.1 Å². The molecule has 3 heterocycles. The number of carbonyl (C=O) groups excluding carboxylic acids is 1. The topological polar surface area (TPSA) is 58.1 Å². The zero-order chi connectivity index (χ0) is 13.2. The van der Waals surface area contributed by atoms with E-state index in [1.54, 1.807) is 18.5 Å². The van der Waals surface area contributed by atoms with Gasteiger partial charge in [0.05, 0.1) is 10.9 Å². The van der Waals surface area contributed by atoms with E-state index in [4.69, 9.17) is 0 Å². The summed E-state index contributed by atoms with van der Waals surface area (Å²) in [5.41, 5.74) is 0. The first-order valence-electron chi connectivity index (χ1n) is 5.79. The highest BCUT2D eigenvalue weighted by Gasteiger charge is 2.32. The third-order valence-corrected chi connectivity index (χ3v) is 4.53. The Bertz CT molecular complexity index is 582. The molecule has 1 aliphatic rings. The molecule has 0 saturated carbocycles. The maximum atomic E-state index is 12.1. The second-order valence-electron chi connectivity index (χ2n) is 4.25. The fraction of sp³-hybridized carbons (Fsp3) is 0.250. The number of halogens is 1. The van der Waals surface area contributed by atoms with Gasteiger partial charge in [-0.25, -0.2) is 9.97 Å². The average Bonchev–Trinajstić information content (AvgIpc) is 2.80. The predicted octanol–water partition coefficient (Wildman–Crippen LogP) is 2.24. The number of hydrogen-bond acceptors (Lipinski definition) is 5. The molecule has 0 spiro atoms. The number of likely N-dealkylation sites (tertiary alicyclic amines) is 1. The van der Waals surface area contributed by atoms with Crippen LogP contribution in [0.25, 0.3) is 0 Å². The van der Waals surface area contributed by atoms with Gasteiger partial charge in [-0.05, 0) is 28.1 Å². The van der Waals surface area contributed by atoms with E-state index in [-0.39, 0.29) is 11.9 Å². The summed E-state index contributed by atoms with van der Waals surface area (Å²) in [4.78, 5) is 22.9. The number of aromatic nitrogens is 2. The van der Waals surface area contributed by atoms with Gasteiger partial charge in [-0.1, -0.05) is 0 Å². The Labute approximate surface area is 122 Å². The molecular formula is C12H11BrN4OS. The van der Waals surface area contributed by atoms with Crippen molar-refractivity contribution < 1.29 is 4.79 Å². The number of amides is 1. The maximum absolute atomic E-state index is 12.1. The number of thiophene rings is 1. The minimum atomic E-state index is 0.0859. The lowest BCUT2D eigenvalue weighted by atomic mass is 10.1. The van der Waals surface area contributed by atoms with Crippen molar-refractivity contribution in [2.45, 2.75) is 6.04 Å². The maximum Gasteiger partial charge on any atom is 0.264 e. The first kappa shape index (κ1) is 12.6. The van der Waals surface area contributed by atoms with Gasteiger partial charge < -0.3 is 10.2 Å². The van der Waals surface area contributed by atoms with E-state index in [1.807, 2.05) is 16.3 Å². The summed E-state index contributed by atoms with van der Waals surface area (Å²) >= 11 is 4.81. The summed E-state index contributed by atoms with van der Waals surface area (Å²) in [6.45, 7) is 1.37. The second-order valence-corrected chi connectivity index (χ2v) is 6.08. The standard InChI is InChI=1S/C12H11BrN4OS/c13-8-4-10(19-7-8)11(18)17-5-9(6-17)16-12-14-2-1-3-15-12/h1-4,7,9H,5-6H2,(H,14,15,16). The lowest BCUT2D eigenvalue weighted by Gasteiger charge is -2.39. The van der Waals surface area contributed by atoms with E-state index in [0.717, 1.165) is 9.35 Å². The Kier molecular flexibility index (Phi) is 3.48. The van der Waals surface area contributed by atoms with Gasteiger partial charge in [0.2, 0.25) is 5.95 Å². The van der Waals surface area contributed by atoms with Crippen LogP contribution in [0.4, 0.5) is 5.95 Å². The summed E-state index contributed by atoms with van der Waals surface area (Å²) in [5.74, 6) is 0.696. The van der Waals surface area contributed by atoms with Crippen LogP contribution < -0.4 is 5.32 Å². The molecule has 1 N–H and O–H groups in total. The molecule has 1 amide bonds. The molecule has 19 heavy (non-hydrogen) atoms. The molecule has 1 fully saturated rings. The molecule has 5 nitrogen and oxygen atoms in total. The lowest BCUT2D eigenvalue weighted by molar-refractivity contribution is 0.0629. The van der Waals surface area contributed by atoms with E-state index in [2.05, 4.69) is 31.2 Å². The molecule has 0 unspecified atom stereocenters. The Morgan fingerprint density at radius 3 is 2.79 bits per heavy atom. The first-order valence-corrected chi connectivity index (χ1v) is 7.46.